The van der Waals surface area contributed by atoms with Gasteiger partial charge in [0.05, 0.1) is 5.88 Å². The SMILES string of the molecule is CC(C)(C)n1c(CCl)nnc1CC1CCCCCC1. The molecule has 0 spiro atoms. The highest BCUT2D eigenvalue weighted by atomic mass is 35.5. The van der Waals surface area contributed by atoms with Gasteiger partial charge in [-0.15, -0.1) is 21.8 Å². The topological polar surface area (TPSA) is 30.7 Å². The molecule has 1 aliphatic carbocycles. The quantitative estimate of drug-likeness (QED) is 0.612. The third kappa shape index (κ3) is 3.71. The molecule has 0 saturated heterocycles. The van der Waals surface area contributed by atoms with Gasteiger partial charge >= 0.3 is 0 Å². The zero-order valence-electron chi connectivity index (χ0n) is 12.5. The van der Waals surface area contributed by atoms with Gasteiger partial charge in [0.2, 0.25) is 0 Å². The molecule has 0 radical (unpaired) electrons. The highest BCUT2D eigenvalue weighted by Crippen LogP contribution is 2.28. The summed E-state index contributed by atoms with van der Waals surface area (Å²) in [6.07, 6.45) is 9.28. The number of rotatable bonds is 3. The summed E-state index contributed by atoms with van der Waals surface area (Å²) in [5.41, 5.74) is 0.00772. The summed E-state index contributed by atoms with van der Waals surface area (Å²) in [6, 6.07) is 0. The Morgan fingerprint density at radius 3 is 2.16 bits per heavy atom. The summed E-state index contributed by atoms with van der Waals surface area (Å²) >= 11 is 6.00. The van der Waals surface area contributed by atoms with Crippen molar-refractivity contribution in [1.29, 1.82) is 0 Å². The Morgan fingerprint density at radius 1 is 1.05 bits per heavy atom. The molecule has 1 aliphatic rings. The van der Waals surface area contributed by atoms with Gasteiger partial charge in [0, 0.05) is 12.0 Å². The van der Waals surface area contributed by atoms with Crippen LogP contribution in [0, 0.1) is 5.92 Å². The first-order chi connectivity index (χ1) is 9.02. The molecule has 19 heavy (non-hydrogen) atoms. The van der Waals surface area contributed by atoms with E-state index < -0.39 is 0 Å². The highest BCUT2D eigenvalue weighted by Gasteiger charge is 2.24. The maximum atomic E-state index is 6.00. The Labute approximate surface area is 121 Å². The fourth-order valence-electron chi connectivity index (χ4n) is 3.17. The first-order valence-electron chi connectivity index (χ1n) is 7.52. The van der Waals surface area contributed by atoms with E-state index in [9.17, 15) is 0 Å². The first kappa shape index (κ1) is 14.8. The largest absolute Gasteiger partial charge is 0.309 e. The molecule has 0 bridgehead atoms. The van der Waals surface area contributed by atoms with Crippen molar-refractivity contribution >= 4 is 11.6 Å². The Balaban J connectivity index is 2.17. The van der Waals surface area contributed by atoms with Crippen LogP contribution in [-0.2, 0) is 17.8 Å². The molecule has 2 rings (SSSR count). The van der Waals surface area contributed by atoms with Crippen LogP contribution in [0.15, 0.2) is 0 Å². The van der Waals surface area contributed by atoms with E-state index in [2.05, 4.69) is 35.5 Å². The minimum Gasteiger partial charge on any atom is -0.309 e. The summed E-state index contributed by atoms with van der Waals surface area (Å²) in [6.45, 7) is 6.59. The maximum absolute atomic E-state index is 6.00. The van der Waals surface area contributed by atoms with Crippen molar-refractivity contribution in [1.82, 2.24) is 14.8 Å². The van der Waals surface area contributed by atoms with Crippen molar-refractivity contribution in [3.8, 4) is 0 Å². The molecule has 3 nitrogen and oxygen atoms in total. The number of alkyl halides is 1. The minimum absolute atomic E-state index is 0.00772. The van der Waals surface area contributed by atoms with Gasteiger partial charge in [0.1, 0.15) is 11.6 Å². The van der Waals surface area contributed by atoms with E-state index in [1.807, 2.05) is 0 Å². The number of aromatic nitrogens is 3. The van der Waals surface area contributed by atoms with Crippen molar-refractivity contribution in [2.24, 2.45) is 5.92 Å². The molecule has 1 fully saturated rings. The molecule has 0 aromatic carbocycles. The molecule has 1 saturated carbocycles. The van der Waals surface area contributed by atoms with E-state index in [0.717, 1.165) is 24.0 Å². The second-order valence-corrected chi connectivity index (χ2v) is 7.00. The Kier molecular flexibility index (Phi) is 4.88. The maximum Gasteiger partial charge on any atom is 0.148 e. The van der Waals surface area contributed by atoms with Crippen LogP contribution in [0.2, 0.25) is 0 Å². The smallest absolute Gasteiger partial charge is 0.148 e. The van der Waals surface area contributed by atoms with Crippen molar-refractivity contribution in [3.63, 3.8) is 0 Å². The van der Waals surface area contributed by atoms with Crippen molar-refractivity contribution < 1.29 is 0 Å². The Hall–Kier alpha value is -0.570. The average molecular weight is 284 g/mol. The van der Waals surface area contributed by atoms with Gasteiger partial charge < -0.3 is 4.57 Å². The normalized spacial score (nSPS) is 18.5. The van der Waals surface area contributed by atoms with E-state index in [0.29, 0.717) is 5.88 Å². The summed E-state index contributed by atoms with van der Waals surface area (Å²) in [5.74, 6) is 3.23. The van der Waals surface area contributed by atoms with Crippen LogP contribution >= 0.6 is 11.6 Å². The van der Waals surface area contributed by atoms with Crippen LogP contribution in [0.1, 0.15) is 70.9 Å². The lowest BCUT2D eigenvalue weighted by molar-refractivity contribution is 0.354. The van der Waals surface area contributed by atoms with Gasteiger partial charge in [0.15, 0.2) is 0 Å². The molecule has 0 atom stereocenters. The van der Waals surface area contributed by atoms with E-state index in [1.165, 1.54) is 38.5 Å². The molecule has 0 aliphatic heterocycles. The Morgan fingerprint density at radius 2 is 1.63 bits per heavy atom. The molecule has 1 aromatic heterocycles. The zero-order valence-corrected chi connectivity index (χ0v) is 13.2. The van der Waals surface area contributed by atoms with Gasteiger partial charge in [-0.3, -0.25) is 0 Å². The fraction of sp³-hybridized carbons (Fsp3) is 0.867. The summed E-state index contributed by atoms with van der Waals surface area (Å²) in [4.78, 5) is 0. The fourth-order valence-corrected chi connectivity index (χ4v) is 3.35. The van der Waals surface area contributed by atoms with E-state index in [-0.39, 0.29) is 5.54 Å². The lowest BCUT2D eigenvalue weighted by Crippen LogP contribution is -2.27. The van der Waals surface area contributed by atoms with E-state index in [1.54, 1.807) is 0 Å². The van der Waals surface area contributed by atoms with Crippen LogP contribution in [0.4, 0.5) is 0 Å². The lowest BCUT2D eigenvalue weighted by Gasteiger charge is -2.26. The molecule has 0 N–H and O–H groups in total. The molecular formula is C15H26ClN3. The molecular weight excluding hydrogens is 258 g/mol. The standard InChI is InChI=1S/C15H26ClN3/c1-15(2,3)19-13(17-18-14(19)11-16)10-12-8-6-4-5-7-9-12/h12H,4-11H2,1-3H3. The number of hydrogen-bond donors (Lipinski definition) is 0. The second kappa shape index (κ2) is 6.25. The van der Waals surface area contributed by atoms with Gasteiger partial charge in [-0.25, -0.2) is 0 Å². The third-order valence-corrected chi connectivity index (χ3v) is 4.27. The predicted molar refractivity (Wildman–Crippen MR) is 79.5 cm³/mol. The molecule has 108 valence electrons. The second-order valence-electron chi connectivity index (χ2n) is 6.73. The summed E-state index contributed by atoms with van der Waals surface area (Å²) in [5, 5.41) is 8.68. The highest BCUT2D eigenvalue weighted by molar-refractivity contribution is 6.16. The van der Waals surface area contributed by atoms with Crippen molar-refractivity contribution in [2.75, 3.05) is 0 Å². The van der Waals surface area contributed by atoms with Crippen molar-refractivity contribution in [2.45, 2.75) is 77.1 Å². The minimum atomic E-state index is 0.00772. The van der Waals surface area contributed by atoms with Gasteiger partial charge in [0.25, 0.3) is 0 Å². The van der Waals surface area contributed by atoms with E-state index in [4.69, 9.17) is 11.6 Å². The number of halogens is 1. The molecule has 0 unspecified atom stereocenters. The van der Waals surface area contributed by atoms with Gasteiger partial charge in [-0.1, -0.05) is 38.5 Å². The summed E-state index contributed by atoms with van der Waals surface area (Å²) < 4.78 is 2.24. The molecule has 4 heteroatoms. The van der Waals surface area contributed by atoms with Crippen LogP contribution in [0.25, 0.3) is 0 Å². The summed E-state index contributed by atoms with van der Waals surface area (Å²) in [7, 11) is 0. The number of hydrogen-bond acceptors (Lipinski definition) is 2. The van der Waals surface area contributed by atoms with Gasteiger partial charge in [-0.2, -0.15) is 0 Å². The predicted octanol–water partition coefficient (Wildman–Crippen LogP) is 4.28. The lowest BCUT2D eigenvalue weighted by atomic mass is 9.95. The van der Waals surface area contributed by atoms with Gasteiger partial charge in [-0.05, 0) is 26.7 Å². The third-order valence-electron chi connectivity index (χ3n) is 4.03. The molecule has 0 amide bonds. The van der Waals surface area contributed by atoms with Crippen LogP contribution in [0.3, 0.4) is 0 Å². The number of nitrogens with zero attached hydrogens (tertiary/aromatic N) is 3. The van der Waals surface area contributed by atoms with E-state index >= 15 is 0 Å². The zero-order chi connectivity index (χ0) is 13.9. The van der Waals surface area contributed by atoms with Crippen LogP contribution in [0.5, 0.6) is 0 Å². The monoisotopic (exact) mass is 283 g/mol. The van der Waals surface area contributed by atoms with Crippen LogP contribution in [-0.4, -0.2) is 14.8 Å². The van der Waals surface area contributed by atoms with Crippen molar-refractivity contribution in [3.05, 3.63) is 11.6 Å². The van der Waals surface area contributed by atoms with Crippen LogP contribution < -0.4 is 0 Å². The molecule has 1 heterocycles. The molecule has 1 aromatic rings. The average Bonchev–Trinajstić information content (AvgIpc) is 2.58. The first-order valence-corrected chi connectivity index (χ1v) is 8.05. The Bertz CT molecular complexity index is 398.